The molecule has 2 N–H and O–H groups in total. The number of nitrogens with two attached hydrogens (primary N) is 1. The minimum Gasteiger partial charge on any atom is -0.493 e. The van der Waals surface area contributed by atoms with E-state index in [1.54, 1.807) is 13.2 Å². The molecule has 0 unspecified atom stereocenters. The predicted molar refractivity (Wildman–Crippen MR) is 164 cm³/mol. The number of hydrogen-bond acceptors (Lipinski definition) is 8. The van der Waals surface area contributed by atoms with E-state index in [4.69, 9.17) is 29.7 Å². The van der Waals surface area contributed by atoms with Crippen LogP contribution in [0.15, 0.2) is 72.8 Å². The second kappa shape index (κ2) is 13.8. The fraction of sp³-hybridized carbons (Fsp3) is 0.265. The van der Waals surface area contributed by atoms with Crippen molar-refractivity contribution in [3.63, 3.8) is 0 Å². The van der Waals surface area contributed by atoms with Crippen LogP contribution in [-0.2, 0) is 11.3 Å². The van der Waals surface area contributed by atoms with Crippen LogP contribution in [0.2, 0.25) is 0 Å². The molecular formula is C34H33FN4O5. The van der Waals surface area contributed by atoms with Crippen molar-refractivity contribution < 1.29 is 28.1 Å². The molecule has 0 aliphatic carbocycles. The van der Waals surface area contributed by atoms with Crippen LogP contribution in [0.3, 0.4) is 0 Å². The van der Waals surface area contributed by atoms with Gasteiger partial charge in [-0.1, -0.05) is 42.5 Å². The number of amides is 1. The Bertz CT molecular complexity index is 1670. The number of piperidine rings is 1. The Hall–Kier alpha value is -5.30. The number of hydrogen-bond donors (Lipinski definition) is 1. The van der Waals surface area contributed by atoms with Crippen molar-refractivity contribution in [2.24, 2.45) is 5.73 Å². The first-order chi connectivity index (χ1) is 21.4. The Morgan fingerprint density at radius 3 is 2.41 bits per heavy atom. The first-order valence-electron chi connectivity index (χ1n) is 14.3. The number of carbonyl (C=O) groups is 1. The molecule has 1 fully saturated rings. The summed E-state index contributed by atoms with van der Waals surface area (Å²) in [4.78, 5) is 18.3. The van der Waals surface area contributed by atoms with Crippen molar-refractivity contribution in [1.82, 2.24) is 4.98 Å². The summed E-state index contributed by atoms with van der Waals surface area (Å²) >= 11 is 0. The molecule has 1 saturated heterocycles. The van der Waals surface area contributed by atoms with E-state index in [0.29, 0.717) is 79.0 Å². The molecule has 3 aromatic carbocycles. The summed E-state index contributed by atoms with van der Waals surface area (Å²) in [5.74, 6) is 1.61. The fourth-order valence-electron chi connectivity index (χ4n) is 5.23. The van der Waals surface area contributed by atoms with Gasteiger partial charge < -0.3 is 29.6 Å². The molecule has 9 nitrogen and oxygen atoms in total. The van der Waals surface area contributed by atoms with Gasteiger partial charge in [-0.05, 0) is 42.3 Å². The van der Waals surface area contributed by atoms with Gasteiger partial charge in [0.25, 0.3) is 0 Å². The summed E-state index contributed by atoms with van der Waals surface area (Å²) in [6.45, 7) is 3.73. The highest BCUT2D eigenvalue weighted by molar-refractivity contribution is 5.88. The molecule has 44 heavy (non-hydrogen) atoms. The van der Waals surface area contributed by atoms with Gasteiger partial charge in [0.1, 0.15) is 36.2 Å². The second-order valence-corrected chi connectivity index (χ2v) is 10.2. The van der Waals surface area contributed by atoms with Gasteiger partial charge in [0.15, 0.2) is 11.5 Å². The fourth-order valence-corrected chi connectivity index (χ4v) is 5.23. The van der Waals surface area contributed by atoms with Crippen LogP contribution >= 0.6 is 0 Å². The third-order valence-electron chi connectivity index (χ3n) is 7.37. The third-order valence-corrected chi connectivity index (χ3v) is 7.37. The lowest BCUT2D eigenvalue weighted by Gasteiger charge is -2.33. The lowest BCUT2D eigenvalue weighted by Crippen LogP contribution is -2.39. The van der Waals surface area contributed by atoms with E-state index >= 15 is 0 Å². The number of halogens is 1. The Morgan fingerprint density at radius 2 is 1.75 bits per heavy atom. The van der Waals surface area contributed by atoms with E-state index in [9.17, 15) is 14.4 Å². The van der Waals surface area contributed by atoms with Crippen LogP contribution in [0.25, 0.3) is 22.4 Å². The smallest absolute Gasteiger partial charge is 0.404 e. The zero-order chi connectivity index (χ0) is 31.1. The molecule has 1 amide bonds. The second-order valence-electron chi connectivity index (χ2n) is 10.2. The maximum atomic E-state index is 15.0. The van der Waals surface area contributed by atoms with Gasteiger partial charge in [0.2, 0.25) is 0 Å². The number of carbonyl (C=O) groups excluding carboxylic acids is 1. The highest BCUT2D eigenvalue weighted by Gasteiger charge is 2.26. The Balaban J connectivity index is 1.61. The summed E-state index contributed by atoms with van der Waals surface area (Å²) in [6.07, 6.45) is 0.103. The molecule has 1 aliphatic heterocycles. The van der Waals surface area contributed by atoms with Crippen LogP contribution in [0.1, 0.15) is 30.9 Å². The molecule has 5 rings (SSSR count). The lowest BCUT2D eigenvalue weighted by atomic mass is 9.96. The van der Waals surface area contributed by atoms with Gasteiger partial charge in [-0.25, -0.2) is 14.2 Å². The van der Waals surface area contributed by atoms with Crippen molar-refractivity contribution in [3.8, 4) is 45.7 Å². The van der Waals surface area contributed by atoms with E-state index in [0.717, 1.165) is 11.1 Å². The number of rotatable bonds is 10. The molecule has 0 atom stereocenters. The van der Waals surface area contributed by atoms with Gasteiger partial charge >= 0.3 is 6.09 Å². The largest absolute Gasteiger partial charge is 0.493 e. The first-order valence-corrected chi connectivity index (χ1v) is 14.3. The lowest BCUT2D eigenvalue weighted by molar-refractivity contribution is 0.0911. The molecule has 2 heterocycles. The monoisotopic (exact) mass is 596 g/mol. The number of benzene rings is 3. The van der Waals surface area contributed by atoms with Crippen molar-refractivity contribution in [1.29, 1.82) is 5.26 Å². The summed E-state index contributed by atoms with van der Waals surface area (Å²) in [7, 11) is 1.58. The molecule has 0 spiro atoms. The van der Waals surface area contributed by atoms with Gasteiger partial charge in [-0.2, -0.15) is 5.26 Å². The zero-order valence-corrected chi connectivity index (χ0v) is 24.6. The quantitative estimate of drug-likeness (QED) is 0.221. The molecule has 10 heteroatoms. The van der Waals surface area contributed by atoms with Crippen LogP contribution < -0.4 is 24.8 Å². The number of primary amides is 1. The van der Waals surface area contributed by atoms with Gasteiger partial charge in [-0.3, -0.25) is 0 Å². The van der Waals surface area contributed by atoms with E-state index in [2.05, 4.69) is 4.90 Å². The van der Waals surface area contributed by atoms with E-state index in [1.807, 2.05) is 67.6 Å². The van der Waals surface area contributed by atoms with Crippen molar-refractivity contribution in [2.45, 2.75) is 32.5 Å². The van der Waals surface area contributed by atoms with Crippen LogP contribution in [-0.4, -0.2) is 44.0 Å². The standard InChI is InChI=1S/C34H33FN4O5/c1-3-42-30-19-31(39-15-13-26(14-16-39)44-34(37)40)38-33(24-9-10-25(20-36)27(35)17-24)32(30)23-11-12-28(41-2)29(18-23)43-21-22-7-5-4-6-8-22/h4-12,17-19,26H,3,13-16,21H2,1-2H3,(H2,37,40). The highest BCUT2D eigenvalue weighted by atomic mass is 19.1. The van der Waals surface area contributed by atoms with Gasteiger partial charge in [0.05, 0.1) is 30.5 Å². The summed E-state index contributed by atoms with van der Waals surface area (Å²) < 4.78 is 38.1. The Kier molecular flexibility index (Phi) is 9.45. The number of nitriles is 1. The average Bonchev–Trinajstić information content (AvgIpc) is 3.04. The van der Waals surface area contributed by atoms with Crippen LogP contribution in [0.5, 0.6) is 17.2 Å². The molecule has 1 aromatic heterocycles. The molecule has 0 bridgehead atoms. The summed E-state index contributed by atoms with van der Waals surface area (Å²) in [6, 6.07) is 23.5. The summed E-state index contributed by atoms with van der Waals surface area (Å²) in [5, 5.41) is 9.33. The summed E-state index contributed by atoms with van der Waals surface area (Å²) in [5.41, 5.74) is 8.48. The number of methoxy groups -OCH3 is 1. The van der Waals surface area contributed by atoms with Crippen molar-refractivity contribution >= 4 is 11.9 Å². The van der Waals surface area contributed by atoms with Gasteiger partial charge in [0, 0.05) is 37.6 Å². The third kappa shape index (κ3) is 6.84. The number of aromatic nitrogens is 1. The zero-order valence-electron chi connectivity index (χ0n) is 24.6. The predicted octanol–water partition coefficient (Wildman–Crippen LogP) is 6.48. The normalized spacial score (nSPS) is 13.2. The maximum Gasteiger partial charge on any atom is 0.404 e. The minimum absolute atomic E-state index is 0.0611. The van der Waals surface area contributed by atoms with Crippen molar-refractivity contribution in [2.75, 3.05) is 31.7 Å². The minimum atomic E-state index is -0.790. The molecule has 226 valence electrons. The number of pyridine rings is 1. The molecule has 1 aliphatic rings. The number of anilines is 1. The first kappa shape index (κ1) is 30.2. The molecular weight excluding hydrogens is 563 g/mol. The Morgan fingerprint density at radius 1 is 1.00 bits per heavy atom. The van der Waals surface area contributed by atoms with Crippen LogP contribution in [0.4, 0.5) is 15.0 Å². The van der Waals surface area contributed by atoms with Gasteiger partial charge in [-0.15, -0.1) is 0 Å². The topological polar surface area (TPSA) is 120 Å². The van der Waals surface area contributed by atoms with Crippen LogP contribution in [0, 0.1) is 17.1 Å². The SMILES string of the molecule is CCOc1cc(N2CCC(OC(N)=O)CC2)nc(-c2ccc(C#N)c(F)c2)c1-c1ccc(OC)c(OCc2ccccc2)c1. The average molecular weight is 597 g/mol. The van der Waals surface area contributed by atoms with E-state index < -0.39 is 11.9 Å². The van der Waals surface area contributed by atoms with E-state index in [-0.39, 0.29) is 11.7 Å². The van der Waals surface area contributed by atoms with E-state index in [1.165, 1.54) is 12.1 Å². The van der Waals surface area contributed by atoms with Crippen molar-refractivity contribution in [3.05, 3.63) is 89.7 Å². The molecule has 0 saturated carbocycles. The Labute approximate surface area is 255 Å². The highest BCUT2D eigenvalue weighted by Crippen LogP contribution is 2.44. The molecule has 0 radical (unpaired) electrons. The number of nitrogens with zero attached hydrogens (tertiary/aromatic N) is 3. The molecule has 4 aromatic rings. The maximum absolute atomic E-state index is 15.0. The number of ether oxygens (including phenoxy) is 4.